The van der Waals surface area contributed by atoms with Gasteiger partial charge >= 0.3 is 0 Å². The van der Waals surface area contributed by atoms with Crippen molar-refractivity contribution in [2.45, 2.75) is 25.7 Å². The largest absolute Gasteiger partial charge is 0.359 e. The summed E-state index contributed by atoms with van der Waals surface area (Å²) >= 11 is 0. The Morgan fingerprint density at radius 2 is 0.762 bits per heavy atom. The van der Waals surface area contributed by atoms with E-state index in [1.165, 1.54) is 28.2 Å². The lowest BCUT2D eigenvalue weighted by atomic mass is 9.74. The van der Waals surface area contributed by atoms with Crippen molar-refractivity contribution in [3.05, 3.63) is 0 Å². The molecule has 120 valence electrons. The van der Waals surface area contributed by atoms with Crippen LogP contribution < -0.4 is 21.3 Å². The Morgan fingerprint density at radius 3 is 0.905 bits per heavy atom. The molecule has 8 heteroatoms. The first-order chi connectivity index (χ1) is 9.82. The standard InChI is InChI=1S/C13H24N4O4/c1-14-9(18)5-13(6-10(19)15-2,7-11(20)16-3)8-12(21)17-4/h5-8H2,1-4H3,(H,14,18)(H,15,19)(H,16,20)(H,17,21). The third kappa shape index (κ3) is 6.73. The molecule has 4 amide bonds. The number of carbonyl (C=O) groups excluding carboxylic acids is 4. The predicted octanol–water partition coefficient (Wildman–Crippen LogP) is -1.48. The third-order valence-corrected chi connectivity index (χ3v) is 3.26. The van der Waals surface area contributed by atoms with Crippen molar-refractivity contribution in [2.75, 3.05) is 28.2 Å². The summed E-state index contributed by atoms with van der Waals surface area (Å²) in [4.78, 5) is 46.9. The molecule has 0 heterocycles. The third-order valence-electron chi connectivity index (χ3n) is 3.26. The summed E-state index contributed by atoms with van der Waals surface area (Å²) in [5.74, 6) is -1.31. The lowest BCUT2D eigenvalue weighted by Gasteiger charge is -2.31. The van der Waals surface area contributed by atoms with E-state index in [2.05, 4.69) is 21.3 Å². The molecule has 0 unspecified atom stereocenters. The molecule has 0 spiro atoms. The summed E-state index contributed by atoms with van der Waals surface area (Å²) in [6, 6.07) is 0. The van der Waals surface area contributed by atoms with Crippen LogP contribution >= 0.6 is 0 Å². The van der Waals surface area contributed by atoms with Crippen LogP contribution in [0.4, 0.5) is 0 Å². The van der Waals surface area contributed by atoms with Gasteiger partial charge in [-0.25, -0.2) is 0 Å². The first-order valence-electron chi connectivity index (χ1n) is 6.64. The van der Waals surface area contributed by atoms with Crippen LogP contribution in [0.2, 0.25) is 0 Å². The topological polar surface area (TPSA) is 116 Å². The zero-order chi connectivity index (χ0) is 16.5. The fourth-order valence-corrected chi connectivity index (χ4v) is 2.09. The van der Waals surface area contributed by atoms with Crippen molar-refractivity contribution in [3.63, 3.8) is 0 Å². The van der Waals surface area contributed by atoms with E-state index in [0.717, 1.165) is 0 Å². The van der Waals surface area contributed by atoms with Crippen LogP contribution in [0.1, 0.15) is 25.7 Å². The molecule has 0 atom stereocenters. The first kappa shape index (κ1) is 18.9. The first-order valence-corrected chi connectivity index (χ1v) is 6.64. The van der Waals surface area contributed by atoms with E-state index in [1.807, 2.05) is 0 Å². The average Bonchev–Trinajstić information content (AvgIpc) is 2.46. The van der Waals surface area contributed by atoms with Crippen molar-refractivity contribution in [3.8, 4) is 0 Å². The lowest BCUT2D eigenvalue weighted by Crippen LogP contribution is -2.41. The van der Waals surface area contributed by atoms with Crippen molar-refractivity contribution in [1.82, 2.24) is 21.3 Å². The highest BCUT2D eigenvalue weighted by Gasteiger charge is 2.38. The summed E-state index contributed by atoms with van der Waals surface area (Å²) < 4.78 is 0. The molecule has 0 aliphatic heterocycles. The number of rotatable bonds is 8. The summed E-state index contributed by atoms with van der Waals surface area (Å²) in [6.45, 7) is 0. The van der Waals surface area contributed by atoms with Crippen molar-refractivity contribution < 1.29 is 19.2 Å². The van der Waals surface area contributed by atoms with Crippen LogP contribution in [0.25, 0.3) is 0 Å². The maximum Gasteiger partial charge on any atom is 0.220 e. The molecule has 0 aromatic heterocycles. The second-order valence-corrected chi connectivity index (χ2v) is 4.90. The summed E-state index contributed by atoms with van der Waals surface area (Å²) in [7, 11) is 5.86. The van der Waals surface area contributed by atoms with Crippen LogP contribution in [0.5, 0.6) is 0 Å². The van der Waals surface area contributed by atoms with Crippen molar-refractivity contribution in [2.24, 2.45) is 5.41 Å². The Morgan fingerprint density at radius 1 is 0.571 bits per heavy atom. The normalized spacial score (nSPS) is 10.5. The monoisotopic (exact) mass is 300 g/mol. The summed E-state index contributed by atoms with van der Waals surface area (Å²) in [6.07, 6.45) is -0.342. The molecule has 0 fully saturated rings. The van der Waals surface area contributed by atoms with Crippen molar-refractivity contribution in [1.29, 1.82) is 0 Å². The SMILES string of the molecule is CNC(=O)CC(CC(=O)NC)(CC(=O)NC)CC(=O)NC. The number of amides is 4. The molecule has 0 aromatic carbocycles. The number of hydrogen-bond donors (Lipinski definition) is 4. The van der Waals surface area contributed by atoms with Crippen LogP contribution in [0.15, 0.2) is 0 Å². The van der Waals surface area contributed by atoms with Gasteiger partial charge in [-0.2, -0.15) is 0 Å². The highest BCUT2D eigenvalue weighted by Crippen LogP contribution is 2.35. The Balaban J connectivity index is 5.43. The molecular weight excluding hydrogens is 276 g/mol. The molecule has 0 saturated heterocycles. The molecular formula is C13H24N4O4. The van der Waals surface area contributed by atoms with E-state index < -0.39 is 5.41 Å². The lowest BCUT2D eigenvalue weighted by molar-refractivity contribution is -0.132. The molecule has 0 saturated carbocycles. The zero-order valence-electron chi connectivity index (χ0n) is 13.0. The molecule has 0 aliphatic carbocycles. The van der Waals surface area contributed by atoms with Crippen LogP contribution in [-0.4, -0.2) is 51.8 Å². The van der Waals surface area contributed by atoms with Crippen LogP contribution in [0.3, 0.4) is 0 Å². The predicted molar refractivity (Wildman–Crippen MR) is 77.2 cm³/mol. The van der Waals surface area contributed by atoms with Gasteiger partial charge in [-0.3, -0.25) is 19.2 Å². The maximum atomic E-state index is 11.7. The van der Waals surface area contributed by atoms with E-state index in [4.69, 9.17) is 0 Å². The van der Waals surface area contributed by atoms with Gasteiger partial charge in [-0.1, -0.05) is 0 Å². The smallest absolute Gasteiger partial charge is 0.220 e. The van der Waals surface area contributed by atoms with Gasteiger partial charge in [0.1, 0.15) is 0 Å². The van der Waals surface area contributed by atoms with Gasteiger partial charge in [-0.05, 0) is 0 Å². The molecule has 0 rings (SSSR count). The zero-order valence-corrected chi connectivity index (χ0v) is 13.0. The Bertz CT molecular complexity index is 331. The van der Waals surface area contributed by atoms with Gasteiger partial charge in [-0.15, -0.1) is 0 Å². The molecule has 8 nitrogen and oxygen atoms in total. The quantitative estimate of drug-likeness (QED) is 0.437. The van der Waals surface area contributed by atoms with Gasteiger partial charge in [0.2, 0.25) is 23.6 Å². The summed E-state index contributed by atoms with van der Waals surface area (Å²) in [5.41, 5.74) is -1.06. The minimum Gasteiger partial charge on any atom is -0.359 e. The molecule has 4 N–H and O–H groups in total. The second-order valence-electron chi connectivity index (χ2n) is 4.90. The van der Waals surface area contributed by atoms with Gasteiger partial charge < -0.3 is 21.3 Å². The van der Waals surface area contributed by atoms with Gasteiger partial charge in [0.15, 0.2) is 0 Å². The second kappa shape index (κ2) is 8.93. The molecule has 0 aliphatic rings. The van der Waals surface area contributed by atoms with E-state index in [9.17, 15) is 19.2 Å². The van der Waals surface area contributed by atoms with Gasteiger partial charge in [0.25, 0.3) is 0 Å². The minimum absolute atomic E-state index is 0.0856. The van der Waals surface area contributed by atoms with Gasteiger partial charge in [0, 0.05) is 59.3 Å². The highest BCUT2D eigenvalue weighted by molar-refractivity contribution is 5.86. The number of hydrogen-bond acceptors (Lipinski definition) is 4. The Kier molecular flexibility index (Phi) is 8.03. The fourth-order valence-electron chi connectivity index (χ4n) is 2.09. The average molecular weight is 300 g/mol. The molecule has 21 heavy (non-hydrogen) atoms. The van der Waals surface area contributed by atoms with Crippen LogP contribution in [-0.2, 0) is 19.2 Å². The number of nitrogens with one attached hydrogen (secondary N) is 4. The highest BCUT2D eigenvalue weighted by atomic mass is 16.2. The van der Waals surface area contributed by atoms with E-state index in [0.29, 0.717) is 0 Å². The molecule has 0 radical (unpaired) electrons. The fraction of sp³-hybridized carbons (Fsp3) is 0.692. The number of carbonyl (C=O) groups is 4. The van der Waals surface area contributed by atoms with E-state index in [1.54, 1.807) is 0 Å². The summed E-state index contributed by atoms with van der Waals surface area (Å²) in [5, 5.41) is 9.84. The van der Waals surface area contributed by atoms with Crippen LogP contribution in [0, 0.1) is 5.41 Å². The van der Waals surface area contributed by atoms with Crippen molar-refractivity contribution >= 4 is 23.6 Å². The Hall–Kier alpha value is -2.12. The Labute approximate surface area is 124 Å². The maximum absolute atomic E-state index is 11.7. The van der Waals surface area contributed by atoms with E-state index >= 15 is 0 Å². The van der Waals surface area contributed by atoms with E-state index in [-0.39, 0.29) is 49.3 Å². The molecule has 0 bridgehead atoms. The molecule has 0 aromatic rings. The van der Waals surface area contributed by atoms with Gasteiger partial charge in [0.05, 0.1) is 0 Å². The minimum atomic E-state index is -1.06.